The summed E-state index contributed by atoms with van der Waals surface area (Å²) in [5, 5.41) is 3.18. The lowest BCUT2D eigenvalue weighted by Crippen LogP contribution is -2.49. The van der Waals surface area contributed by atoms with E-state index >= 15 is 0 Å². The third-order valence-corrected chi connectivity index (χ3v) is 4.29. The van der Waals surface area contributed by atoms with Crippen LogP contribution in [-0.2, 0) is 6.42 Å². The SMILES string of the molecule is CCc1cccc(NC(N)=NCC(C)N2CCN(C)CC2)c1.I. The third-order valence-electron chi connectivity index (χ3n) is 4.29. The van der Waals surface area contributed by atoms with Crippen LogP contribution in [0.4, 0.5) is 5.69 Å². The van der Waals surface area contributed by atoms with E-state index in [2.05, 4.69) is 53.1 Å². The van der Waals surface area contributed by atoms with Gasteiger partial charge < -0.3 is 16.0 Å². The van der Waals surface area contributed by atoms with Crippen LogP contribution in [-0.4, -0.2) is 61.6 Å². The normalized spacial score (nSPS) is 18.3. The molecule has 1 heterocycles. The minimum absolute atomic E-state index is 0. The Morgan fingerprint density at radius 2 is 2.00 bits per heavy atom. The van der Waals surface area contributed by atoms with Gasteiger partial charge in [0.25, 0.3) is 0 Å². The standard InChI is InChI=1S/C17H29N5.HI/c1-4-15-6-5-7-16(12-15)20-17(18)19-13-14(2)22-10-8-21(3)9-11-22;/h5-7,12,14H,4,8-11,13H2,1-3H3,(H3,18,19,20);1H. The van der Waals surface area contributed by atoms with Gasteiger partial charge in [-0.3, -0.25) is 9.89 Å². The summed E-state index contributed by atoms with van der Waals surface area (Å²) >= 11 is 0. The highest BCUT2D eigenvalue weighted by molar-refractivity contribution is 14.0. The summed E-state index contributed by atoms with van der Waals surface area (Å²) in [6.07, 6.45) is 1.02. The van der Waals surface area contributed by atoms with Crippen molar-refractivity contribution in [1.29, 1.82) is 0 Å². The minimum atomic E-state index is 0. The number of benzene rings is 1. The molecular formula is C17H30IN5. The summed E-state index contributed by atoms with van der Waals surface area (Å²) < 4.78 is 0. The summed E-state index contributed by atoms with van der Waals surface area (Å²) in [6.45, 7) is 9.58. The molecule has 1 atom stereocenters. The molecular weight excluding hydrogens is 401 g/mol. The summed E-state index contributed by atoms with van der Waals surface area (Å²) in [6, 6.07) is 8.73. The van der Waals surface area contributed by atoms with Crippen molar-refractivity contribution in [3.63, 3.8) is 0 Å². The number of nitrogens with one attached hydrogen (secondary N) is 1. The second-order valence-electron chi connectivity index (χ2n) is 6.09. The molecule has 1 aromatic rings. The number of rotatable bonds is 5. The smallest absolute Gasteiger partial charge is 0.193 e. The fraction of sp³-hybridized carbons (Fsp3) is 0.588. The fourth-order valence-corrected chi connectivity index (χ4v) is 2.67. The number of anilines is 1. The lowest BCUT2D eigenvalue weighted by Gasteiger charge is -2.35. The van der Waals surface area contributed by atoms with Gasteiger partial charge in [0.15, 0.2) is 5.96 Å². The molecule has 1 aromatic carbocycles. The highest BCUT2D eigenvalue weighted by Gasteiger charge is 2.18. The number of aryl methyl sites for hydroxylation is 1. The number of piperazine rings is 1. The van der Waals surface area contributed by atoms with Gasteiger partial charge in [-0.25, -0.2) is 0 Å². The third kappa shape index (κ3) is 6.64. The van der Waals surface area contributed by atoms with Gasteiger partial charge >= 0.3 is 0 Å². The van der Waals surface area contributed by atoms with Gasteiger partial charge in [-0.2, -0.15) is 0 Å². The van der Waals surface area contributed by atoms with E-state index in [1.54, 1.807) is 0 Å². The number of guanidine groups is 1. The second-order valence-corrected chi connectivity index (χ2v) is 6.09. The number of nitrogens with two attached hydrogens (primary N) is 1. The van der Waals surface area contributed by atoms with E-state index in [4.69, 9.17) is 5.73 Å². The van der Waals surface area contributed by atoms with Crippen molar-refractivity contribution in [1.82, 2.24) is 9.80 Å². The van der Waals surface area contributed by atoms with Crippen LogP contribution in [0.25, 0.3) is 0 Å². The van der Waals surface area contributed by atoms with E-state index < -0.39 is 0 Å². The summed E-state index contributed by atoms with van der Waals surface area (Å²) in [4.78, 5) is 9.34. The van der Waals surface area contributed by atoms with Gasteiger partial charge in [0, 0.05) is 37.9 Å². The molecule has 0 aromatic heterocycles. The maximum atomic E-state index is 6.01. The summed E-state index contributed by atoms with van der Waals surface area (Å²) in [7, 11) is 2.17. The number of hydrogen-bond donors (Lipinski definition) is 2. The van der Waals surface area contributed by atoms with Crippen LogP contribution >= 0.6 is 24.0 Å². The predicted octanol–water partition coefficient (Wildman–Crippen LogP) is 2.23. The van der Waals surface area contributed by atoms with Crippen molar-refractivity contribution >= 4 is 35.6 Å². The van der Waals surface area contributed by atoms with Crippen LogP contribution in [0.15, 0.2) is 29.3 Å². The Morgan fingerprint density at radius 3 is 2.65 bits per heavy atom. The Bertz CT molecular complexity index is 498. The molecule has 1 fully saturated rings. The zero-order chi connectivity index (χ0) is 15.9. The first-order valence-electron chi connectivity index (χ1n) is 8.17. The van der Waals surface area contributed by atoms with Crippen molar-refractivity contribution in [3.8, 4) is 0 Å². The van der Waals surface area contributed by atoms with E-state index in [1.165, 1.54) is 5.56 Å². The molecule has 5 nitrogen and oxygen atoms in total. The Morgan fingerprint density at radius 1 is 1.30 bits per heavy atom. The number of aliphatic imine (C=N–C) groups is 1. The molecule has 0 amide bonds. The highest BCUT2D eigenvalue weighted by atomic mass is 127. The zero-order valence-corrected chi connectivity index (χ0v) is 16.8. The number of likely N-dealkylation sites (N-methyl/N-ethyl adjacent to an activating group) is 1. The number of halogens is 1. The van der Waals surface area contributed by atoms with Gasteiger partial charge in [0.2, 0.25) is 0 Å². The van der Waals surface area contributed by atoms with Crippen molar-refractivity contribution in [3.05, 3.63) is 29.8 Å². The van der Waals surface area contributed by atoms with Crippen molar-refractivity contribution < 1.29 is 0 Å². The Hall–Kier alpha value is -0.860. The van der Waals surface area contributed by atoms with Gasteiger partial charge in [-0.15, -0.1) is 24.0 Å². The largest absolute Gasteiger partial charge is 0.370 e. The van der Waals surface area contributed by atoms with E-state index in [-0.39, 0.29) is 24.0 Å². The van der Waals surface area contributed by atoms with Crippen LogP contribution < -0.4 is 11.1 Å². The van der Waals surface area contributed by atoms with Crippen molar-refractivity contribution in [2.24, 2.45) is 10.7 Å². The molecule has 3 N–H and O–H groups in total. The van der Waals surface area contributed by atoms with E-state index in [9.17, 15) is 0 Å². The lowest BCUT2D eigenvalue weighted by atomic mass is 10.1. The Kier molecular flexibility index (Phi) is 8.86. The molecule has 0 bridgehead atoms. The van der Waals surface area contributed by atoms with Gasteiger partial charge in [0.1, 0.15) is 0 Å². The van der Waals surface area contributed by atoms with Crippen molar-refractivity contribution in [2.45, 2.75) is 26.3 Å². The minimum Gasteiger partial charge on any atom is -0.370 e. The monoisotopic (exact) mass is 431 g/mol. The summed E-state index contributed by atoms with van der Waals surface area (Å²) in [5.41, 5.74) is 8.31. The summed E-state index contributed by atoms with van der Waals surface area (Å²) in [5.74, 6) is 0.495. The molecule has 1 aliphatic rings. The molecule has 2 rings (SSSR count). The van der Waals surface area contributed by atoms with Crippen LogP contribution in [0, 0.1) is 0 Å². The Balaban J connectivity index is 0.00000264. The first-order valence-corrected chi connectivity index (χ1v) is 8.17. The predicted molar refractivity (Wildman–Crippen MR) is 110 cm³/mol. The topological polar surface area (TPSA) is 56.9 Å². The van der Waals surface area contributed by atoms with Crippen LogP contribution in [0.1, 0.15) is 19.4 Å². The maximum absolute atomic E-state index is 6.01. The number of nitrogens with zero attached hydrogens (tertiary/aromatic N) is 3. The average Bonchev–Trinajstić information content (AvgIpc) is 2.53. The molecule has 0 spiro atoms. The molecule has 1 aliphatic heterocycles. The van der Waals surface area contributed by atoms with E-state index in [1.807, 2.05) is 12.1 Å². The van der Waals surface area contributed by atoms with E-state index in [0.717, 1.165) is 44.8 Å². The molecule has 130 valence electrons. The maximum Gasteiger partial charge on any atom is 0.193 e. The zero-order valence-electron chi connectivity index (χ0n) is 14.5. The Labute approximate surface area is 157 Å². The quantitative estimate of drug-likeness (QED) is 0.427. The van der Waals surface area contributed by atoms with Gasteiger partial charge in [0.05, 0.1) is 6.54 Å². The molecule has 0 radical (unpaired) electrons. The molecule has 0 aliphatic carbocycles. The second kappa shape index (κ2) is 10.1. The van der Waals surface area contributed by atoms with Crippen molar-refractivity contribution in [2.75, 3.05) is 45.1 Å². The van der Waals surface area contributed by atoms with Gasteiger partial charge in [-0.1, -0.05) is 19.1 Å². The fourth-order valence-electron chi connectivity index (χ4n) is 2.67. The highest BCUT2D eigenvalue weighted by Crippen LogP contribution is 2.11. The molecule has 0 saturated carbocycles. The molecule has 6 heteroatoms. The van der Waals surface area contributed by atoms with Gasteiger partial charge in [-0.05, 0) is 38.1 Å². The first-order chi connectivity index (χ1) is 10.6. The van der Waals surface area contributed by atoms with Crippen LogP contribution in [0.2, 0.25) is 0 Å². The lowest BCUT2D eigenvalue weighted by molar-refractivity contribution is 0.122. The van der Waals surface area contributed by atoms with E-state index in [0.29, 0.717) is 12.0 Å². The number of hydrogen-bond acceptors (Lipinski definition) is 3. The van der Waals surface area contributed by atoms with Crippen LogP contribution in [0.3, 0.4) is 0 Å². The molecule has 1 unspecified atom stereocenters. The molecule has 1 saturated heterocycles. The average molecular weight is 431 g/mol. The first kappa shape index (κ1) is 20.2. The molecule has 23 heavy (non-hydrogen) atoms. The van der Waals surface area contributed by atoms with Crippen LogP contribution in [0.5, 0.6) is 0 Å².